The Morgan fingerprint density at radius 2 is 1.78 bits per heavy atom. The second-order valence-corrected chi connectivity index (χ2v) is 8.10. The number of nitrogens with one attached hydrogen (secondary N) is 1. The standard InChI is InChI=1S/C19H11Cl2N7O7S/c20-17-23-18(21)25-19(24-17)22-9-2-1-8-5-14(36-35-34-33)15(16(30)11(8)6-9)27-26-12-7-10(28(31)32)3-4-13(12)29/h1-7,29-30,33H,(H,22,23,24,25). The molecule has 0 radical (unpaired) electrons. The van der Waals surface area contributed by atoms with Gasteiger partial charge in [0, 0.05) is 23.2 Å². The molecule has 1 aromatic heterocycles. The highest BCUT2D eigenvalue weighted by atomic mass is 35.5. The molecule has 0 aliphatic carbocycles. The molecule has 0 saturated carbocycles. The highest BCUT2D eigenvalue weighted by molar-refractivity contribution is 7.94. The summed E-state index contributed by atoms with van der Waals surface area (Å²) in [7, 11) is 0. The van der Waals surface area contributed by atoms with Crippen LogP contribution in [0, 0.1) is 10.1 Å². The second-order valence-electron chi connectivity index (χ2n) is 6.69. The van der Waals surface area contributed by atoms with E-state index in [9.17, 15) is 20.3 Å². The number of fused-ring (bicyclic) bond motifs is 1. The highest BCUT2D eigenvalue weighted by Crippen LogP contribution is 2.45. The van der Waals surface area contributed by atoms with Crippen molar-refractivity contribution in [1.82, 2.24) is 15.0 Å². The van der Waals surface area contributed by atoms with Crippen LogP contribution in [0.5, 0.6) is 11.5 Å². The molecule has 0 spiro atoms. The highest BCUT2D eigenvalue weighted by Gasteiger charge is 2.17. The van der Waals surface area contributed by atoms with Gasteiger partial charge in [-0.1, -0.05) is 11.1 Å². The van der Waals surface area contributed by atoms with Crippen molar-refractivity contribution in [2.24, 2.45) is 10.2 Å². The third-order valence-corrected chi connectivity index (χ3v) is 5.43. The van der Waals surface area contributed by atoms with Gasteiger partial charge in [0.25, 0.3) is 5.69 Å². The number of phenolic OH excluding ortho intramolecular Hbond substituents is 2. The van der Waals surface area contributed by atoms with E-state index in [1.807, 2.05) is 0 Å². The van der Waals surface area contributed by atoms with E-state index in [0.29, 0.717) is 23.1 Å². The number of aromatic hydroxyl groups is 2. The number of nitro groups is 1. The molecule has 4 aromatic rings. The average molecular weight is 552 g/mol. The number of nitro benzene ring substituents is 1. The first-order valence-electron chi connectivity index (χ1n) is 9.43. The zero-order valence-electron chi connectivity index (χ0n) is 17.4. The maximum Gasteiger partial charge on any atom is 0.271 e. The van der Waals surface area contributed by atoms with Crippen LogP contribution >= 0.6 is 35.2 Å². The number of hydrogen-bond donors (Lipinski definition) is 4. The summed E-state index contributed by atoms with van der Waals surface area (Å²) in [6.45, 7) is 0. The summed E-state index contributed by atoms with van der Waals surface area (Å²) >= 11 is 12.1. The summed E-state index contributed by atoms with van der Waals surface area (Å²) in [6.07, 6.45) is 0. The smallest absolute Gasteiger partial charge is 0.271 e. The van der Waals surface area contributed by atoms with Crippen LogP contribution in [0.4, 0.5) is 28.7 Å². The van der Waals surface area contributed by atoms with Crippen molar-refractivity contribution in [2.45, 2.75) is 4.90 Å². The predicted octanol–water partition coefficient (Wildman–Crippen LogP) is 6.24. The molecule has 0 aliphatic heterocycles. The fourth-order valence-electron chi connectivity index (χ4n) is 2.95. The normalized spacial score (nSPS) is 11.3. The molecule has 0 saturated heterocycles. The first kappa shape index (κ1) is 25.2. The minimum atomic E-state index is -0.666. The van der Waals surface area contributed by atoms with E-state index < -0.39 is 4.92 Å². The first-order chi connectivity index (χ1) is 17.2. The Morgan fingerprint density at radius 1 is 1.03 bits per heavy atom. The van der Waals surface area contributed by atoms with Crippen molar-refractivity contribution in [1.29, 1.82) is 0 Å². The fourth-order valence-corrected chi connectivity index (χ4v) is 3.81. The van der Waals surface area contributed by atoms with Crippen molar-refractivity contribution >= 4 is 74.7 Å². The largest absolute Gasteiger partial charge is 0.506 e. The number of non-ortho nitro benzene ring substituents is 1. The first-order valence-corrected chi connectivity index (χ1v) is 10.9. The average Bonchev–Trinajstić information content (AvgIpc) is 2.82. The summed E-state index contributed by atoms with van der Waals surface area (Å²) in [5.74, 6) is -0.698. The zero-order chi connectivity index (χ0) is 25.8. The summed E-state index contributed by atoms with van der Waals surface area (Å²) in [6, 6.07) is 9.55. The molecule has 4 rings (SSSR count). The Hall–Kier alpha value is -3.86. The van der Waals surface area contributed by atoms with Crippen LogP contribution in [0.15, 0.2) is 57.6 Å². The molecule has 3 aromatic carbocycles. The maximum atomic E-state index is 11.0. The third kappa shape index (κ3) is 5.68. The lowest BCUT2D eigenvalue weighted by molar-refractivity contribution is -0.432. The second kappa shape index (κ2) is 10.8. The number of benzene rings is 3. The molecule has 0 unspecified atom stereocenters. The van der Waals surface area contributed by atoms with Gasteiger partial charge < -0.3 is 15.5 Å². The van der Waals surface area contributed by atoms with Crippen molar-refractivity contribution in [2.75, 3.05) is 5.32 Å². The fraction of sp³-hybridized carbons (Fsp3) is 0. The number of anilines is 2. The Balaban J connectivity index is 1.78. The van der Waals surface area contributed by atoms with Gasteiger partial charge in [-0.3, -0.25) is 10.1 Å². The molecule has 1 heterocycles. The summed E-state index contributed by atoms with van der Waals surface area (Å²) in [5.41, 5.74) is -0.270. The molecule has 14 nitrogen and oxygen atoms in total. The van der Waals surface area contributed by atoms with E-state index in [1.54, 1.807) is 18.2 Å². The molecule has 0 amide bonds. The molecule has 0 atom stereocenters. The van der Waals surface area contributed by atoms with Crippen LogP contribution in [0.3, 0.4) is 0 Å². The van der Waals surface area contributed by atoms with Crippen molar-refractivity contribution < 1.29 is 29.8 Å². The van der Waals surface area contributed by atoms with Gasteiger partial charge in [-0.2, -0.15) is 15.0 Å². The van der Waals surface area contributed by atoms with Gasteiger partial charge in [-0.25, -0.2) is 5.26 Å². The molecule has 184 valence electrons. The molecule has 0 fully saturated rings. The summed E-state index contributed by atoms with van der Waals surface area (Å²) in [4.78, 5) is 22.0. The minimum Gasteiger partial charge on any atom is -0.506 e. The van der Waals surface area contributed by atoms with Gasteiger partial charge in [0.2, 0.25) is 16.5 Å². The molecule has 36 heavy (non-hydrogen) atoms. The van der Waals surface area contributed by atoms with E-state index in [4.69, 9.17) is 28.5 Å². The van der Waals surface area contributed by atoms with Crippen LogP contribution in [0.2, 0.25) is 10.6 Å². The van der Waals surface area contributed by atoms with Crippen LogP contribution in [-0.4, -0.2) is 35.3 Å². The van der Waals surface area contributed by atoms with Crippen molar-refractivity contribution in [3.63, 3.8) is 0 Å². The summed E-state index contributed by atoms with van der Waals surface area (Å²) in [5, 5.41) is 55.4. The maximum absolute atomic E-state index is 11.0. The quantitative estimate of drug-likeness (QED) is 0.0632. The lowest BCUT2D eigenvalue weighted by Crippen LogP contribution is -1.99. The molecular weight excluding hydrogens is 541 g/mol. The number of rotatable bonds is 8. The van der Waals surface area contributed by atoms with Crippen LogP contribution < -0.4 is 5.32 Å². The van der Waals surface area contributed by atoms with E-state index in [0.717, 1.165) is 18.2 Å². The zero-order valence-corrected chi connectivity index (χ0v) is 19.7. The van der Waals surface area contributed by atoms with Gasteiger partial charge >= 0.3 is 0 Å². The predicted molar refractivity (Wildman–Crippen MR) is 128 cm³/mol. The van der Waals surface area contributed by atoms with Crippen molar-refractivity contribution in [3.05, 3.63) is 63.1 Å². The van der Waals surface area contributed by atoms with E-state index >= 15 is 0 Å². The van der Waals surface area contributed by atoms with Gasteiger partial charge in [-0.05, 0) is 52.9 Å². The molecule has 4 N–H and O–H groups in total. The van der Waals surface area contributed by atoms with Gasteiger partial charge in [-0.15, -0.1) is 14.6 Å². The minimum absolute atomic E-state index is 0.0561. The number of hydrogen-bond acceptors (Lipinski definition) is 14. The number of azo groups is 1. The van der Waals surface area contributed by atoms with E-state index in [2.05, 4.69) is 39.9 Å². The van der Waals surface area contributed by atoms with E-state index in [1.165, 1.54) is 6.07 Å². The number of halogens is 2. The van der Waals surface area contributed by atoms with Crippen LogP contribution in [-0.2, 0) is 9.37 Å². The van der Waals surface area contributed by atoms with Crippen LogP contribution in [0.25, 0.3) is 10.8 Å². The Morgan fingerprint density at radius 3 is 2.47 bits per heavy atom. The summed E-state index contributed by atoms with van der Waals surface area (Å²) < 4.78 is 4.48. The Bertz CT molecular complexity index is 1490. The number of phenols is 2. The van der Waals surface area contributed by atoms with Gasteiger partial charge in [0.05, 0.1) is 21.9 Å². The molecule has 0 bridgehead atoms. The lowest BCUT2D eigenvalue weighted by atomic mass is 10.1. The molecule has 0 aliphatic rings. The SMILES string of the molecule is O=[N+]([O-])c1ccc(O)c(N=Nc2c(SOOO)cc3ccc(Nc4nc(Cl)nc(Cl)n4)cc3c2O)c1. The van der Waals surface area contributed by atoms with Gasteiger partial charge in [0.1, 0.15) is 17.1 Å². The van der Waals surface area contributed by atoms with Gasteiger partial charge in [0.15, 0.2) is 5.75 Å². The third-order valence-electron chi connectivity index (χ3n) is 4.47. The Kier molecular flexibility index (Phi) is 7.58. The van der Waals surface area contributed by atoms with E-state index in [-0.39, 0.29) is 55.4 Å². The Labute approximate surface area is 214 Å². The molecular formula is C19H11Cl2N7O7S. The monoisotopic (exact) mass is 551 g/mol. The number of aromatic nitrogens is 3. The topological polar surface area (TPSA) is 198 Å². The number of nitrogens with zero attached hydrogens (tertiary/aromatic N) is 6. The molecule has 17 heteroatoms. The van der Waals surface area contributed by atoms with Crippen molar-refractivity contribution in [3.8, 4) is 11.5 Å². The van der Waals surface area contributed by atoms with Crippen LogP contribution in [0.1, 0.15) is 0 Å². The lowest BCUT2D eigenvalue weighted by Gasteiger charge is -2.11.